The number of amides is 1. The standard InChI is InChI=1S/C19H25N5O/c1-24(12-14-11-21-15-4-2-3-5-16(15)23-14)18(25)17-10-19(13-22-17)6-8-20-9-7-19/h2-5,11,17,20,22H,6-10,12-13H2,1H3/t17-/m0/s1. The van der Waals surface area contributed by atoms with Gasteiger partial charge in [0.2, 0.25) is 5.91 Å². The number of nitrogens with zero attached hydrogens (tertiary/aromatic N) is 3. The molecule has 4 rings (SSSR count). The van der Waals surface area contributed by atoms with E-state index in [1.54, 1.807) is 11.1 Å². The van der Waals surface area contributed by atoms with Gasteiger partial charge < -0.3 is 15.5 Å². The number of piperidine rings is 1. The Kier molecular flexibility index (Phi) is 4.39. The van der Waals surface area contributed by atoms with Crippen LogP contribution in [-0.4, -0.2) is 53.5 Å². The van der Waals surface area contributed by atoms with Gasteiger partial charge in [-0.2, -0.15) is 0 Å². The lowest BCUT2D eigenvalue weighted by molar-refractivity contribution is -0.132. The van der Waals surface area contributed by atoms with Crippen LogP contribution in [-0.2, 0) is 11.3 Å². The lowest BCUT2D eigenvalue weighted by Crippen LogP contribution is -2.41. The van der Waals surface area contributed by atoms with E-state index in [4.69, 9.17) is 0 Å². The van der Waals surface area contributed by atoms with E-state index in [2.05, 4.69) is 20.6 Å². The van der Waals surface area contributed by atoms with Crippen LogP contribution in [0.3, 0.4) is 0 Å². The summed E-state index contributed by atoms with van der Waals surface area (Å²) >= 11 is 0. The van der Waals surface area contributed by atoms with Gasteiger partial charge in [-0.1, -0.05) is 12.1 Å². The minimum absolute atomic E-state index is 0.0727. The third kappa shape index (κ3) is 3.37. The number of benzene rings is 1. The third-order valence-electron chi connectivity index (χ3n) is 5.60. The molecule has 1 aromatic carbocycles. The first-order valence-corrected chi connectivity index (χ1v) is 9.05. The zero-order chi connectivity index (χ0) is 17.3. The molecular weight excluding hydrogens is 314 g/mol. The molecule has 25 heavy (non-hydrogen) atoms. The van der Waals surface area contributed by atoms with Crippen LogP contribution >= 0.6 is 0 Å². The van der Waals surface area contributed by atoms with Crippen LogP contribution in [0.15, 0.2) is 30.5 Å². The molecule has 0 aliphatic carbocycles. The Bertz CT molecular complexity index is 771. The summed E-state index contributed by atoms with van der Waals surface area (Å²) in [6, 6.07) is 7.73. The fourth-order valence-electron chi connectivity index (χ4n) is 4.09. The Morgan fingerprint density at radius 2 is 2.04 bits per heavy atom. The second-order valence-electron chi connectivity index (χ2n) is 7.43. The summed E-state index contributed by atoms with van der Waals surface area (Å²) in [6.07, 6.45) is 5.02. The van der Waals surface area contributed by atoms with Crippen molar-refractivity contribution in [3.8, 4) is 0 Å². The molecule has 2 aliphatic rings. The van der Waals surface area contributed by atoms with Gasteiger partial charge in [0.15, 0.2) is 0 Å². The number of aromatic nitrogens is 2. The molecule has 2 N–H and O–H groups in total. The van der Waals surface area contributed by atoms with Crippen LogP contribution < -0.4 is 10.6 Å². The fraction of sp³-hybridized carbons (Fsp3) is 0.526. The molecule has 1 amide bonds. The first kappa shape index (κ1) is 16.4. The van der Waals surface area contributed by atoms with Crippen LogP contribution in [0.1, 0.15) is 25.0 Å². The number of carbonyl (C=O) groups is 1. The molecule has 0 radical (unpaired) electrons. The largest absolute Gasteiger partial charge is 0.338 e. The van der Waals surface area contributed by atoms with Gasteiger partial charge in [-0.25, -0.2) is 4.98 Å². The van der Waals surface area contributed by atoms with E-state index < -0.39 is 0 Å². The number of hydrogen-bond donors (Lipinski definition) is 2. The van der Waals surface area contributed by atoms with Crippen molar-refractivity contribution in [2.45, 2.75) is 31.8 Å². The molecule has 2 saturated heterocycles. The SMILES string of the molecule is CN(Cc1cnc2ccccc2n1)C(=O)[C@@H]1CC2(CCNCC2)CN1. The maximum Gasteiger partial charge on any atom is 0.239 e. The monoisotopic (exact) mass is 339 g/mol. The van der Waals surface area contributed by atoms with Gasteiger partial charge in [0.25, 0.3) is 0 Å². The highest BCUT2D eigenvalue weighted by molar-refractivity contribution is 5.82. The molecule has 0 unspecified atom stereocenters. The van der Waals surface area contributed by atoms with Crippen LogP contribution in [0.2, 0.25) is 0 Å². The maximum absolute atomic E-state index is 12.8. The summed E-state index contributed by atoms with van der Waals surface area (Å²) in [5.41, 5.74) is 2.87. The molecule has 1 aromatic heterocycles. The zero-order valence-electron chi connectivity index (χ0n) is 14.7. The van der Waals surface area contributed by atoms with Gasteiger partial charge >= 0.3 is 0 Å². The predicted octanol–water partition coefficient (Wildman–Crippen LogP) is 1.32. The second kappa shape index (κ2) is 6.69. The predicted molar refractivity (Wildman–Crippen MR) is 97.0 cm³/mol. The van der Waals surface area contributed by atoms with Gasteiger partial charge in [0.05, 0.1) is 35.5 Å². The quantitative estimate of drug-likeness (QED) is 0.883. The second-order valence-corrected chi connectivity index (χ2v) is 7.43. The van der Waals surface area contributed by atoms with Crippen LogP contribution in [0, 0.1) is 5.41 Å². The Balaban J connectivity index is 1.41. The first-order valence-electron chi connectivity index (χ1n) is 9.05. The molecule has 6 nitrogen and oxygen atoms in total. The van der Waals surface area contributed by atoms with Crippen molar-refractivity contribution in [1.82, 2.24) is 25.5 Å². The van der Waals surface area contributed by atoms with E-state index >= 15 is 0 Å². The van der Waals surface area contributed by atoms with Crippen molar-refractivity contribution >= 4 is 16.9 Å². The van der Waals surface area contributed by atoms with Crippen LogP contribution in [0.5, 0.6) is 0 Å². The van der Waals surface area contributed by atoms with Gasteiger partial charge in [-0.3, -0.25) is 9.78 Å². The molecule has 6 heteroatoms. The lowest BCUT2D eigenvalue weighted by atomic mass is 9.77. The number of hydrogen-bond acceptors (Lipinski definition) is 5. The third-order valence-corrected chi connectivity index (χ3v) is 5.60. The summed E-state index contributed by atoms with van der Waals surface area (Å²) in [5, 5.41) is 6.87. The minimum atomic E-state index is -0.0727. The van der Waals surface area contributed by atoms with Crippen molar-refractivity contribution in [2.24, 2.45) is 5.41 Å². The highest BCUT2D eigenvalue weighted by atomic mass is 16.2. The highest BCUT2D eigenvalue weighted by Crippen LogP contribution is 2.37. The highest BCUT2D eigenvalue weighted by Gasteiger charge is 2.42. The van der Waals surface area contributed by atoms with E-state index in [9.17, 15) is 4.79 Å². The van der Waals surface area contributed by atoms with Crippen molar-refractivity contribution in [3.05, 3.63) is 36.2 Å². The van der Waals surface area contributed by atoms with Crippen molar-refractivity contribution < 1.29 is 4.79 Å². The van der Waals surface area contributed by atoms with E-state index in [0.717, 1.165) is 55.6 Å². The molecule has 3 heterocycles. The first-order chi connectivity index (χ1) is 12.2. The number of fused-ring (bicyclic) bond motifs is 1. The Hall–Kier alpha value is -2.05. The summed E-state index contributed by atoms with van der Waals surface area (Å²) < 4.78 is 0. The van der Waals surface area contributed by atoms with Gasteiger partial charge in [-0.05, 0) is 49.9 Å². The molecule has 2 aromatic rings. The summed E-state index contributed by atoms with van der Waals surface area (Å²) in [4.78, 5) is 23.7. The summed E-state index contributed by atoms with van der Waals surface area (Å²) in [6.45, 7) is 3.56. The number of rotatable bonds is 3. The molecule has 2 fully saturated rings. The normalized spacial score (nSPS) is 22.4. The topological polar surface area (TPSA) is 70.2 Å². The summed E-state index contributed by atoms with van der Waals surface area (Å²) in [5.74, 6) is 0.158. The van der Waals surface area contributed by atoms with Gasteiger partial charge in [0, 0.05) is 13.6 Å². The molecule has 132 valence electrons. The fourth-order valence-corrected chi connectivity index (χ4v) is 4.09. The molecule has 0 saturated carbocycles. The Morgan fingerprint density at radius 1 is 1.28 bits per heavy atom. The Labute approximate surface area is 148 Å². The average molecular weight is 339 g/mol. The number of para-hydroxylation sites is 2. The summed E-state index contributed by atoms with van der Waals surface area (Å²) in [7, 11) is 1.86. The number of carbonyl (C=O) groups excluding carboxylic acids is 1. The molecule has 1 atom stereocenters. The number of likely N-dealkylation sites (N-methyl/N-ethyl adjacent to an activating group) is 1. The van der Waals surface area contributed by atoms with Gasteiger partial charge in [0.1, 0.15) is 0 Å². The molecule has 0 bridgehead atoms. The van der Waals surface area contributed by atoms with E-state index in [-0.39, 0.29) is 11.9 Å². The van der Waals surface area contributed by atoms with Gasteiger partial charge in [-0.15, -0.1) is 0 Å². The lowest BCUT2D eigenvalue weighted by Gasteiger charge is -2.33. The Morgan fingerprint density at radius 3 is 2.84 bits per heavy atom. The van der Waals surface area contributed by atoms with Crippen molar-refractivity contribution in [3.63, 3.8) is 0 Å². The average Bonchev–Trinajstić information content (AvgIpc) is 3.05. The molecular formula is C19H25N5O. The van der Waals surface area contributed by atoms with Crippen LogP contribution in [0.4, 0.5) is 0 Å². The van der Waals surface area contributed by atoms with E-state index in [1.807, 2.05) is 31.3 Å². The molecule has 2 aliphatic heterocycles. The maximum atomic E-state index is 12.8. The van der Waals surface area contributed by atoms with Crippen molar-refractivity contribution in [2.75, 3.05) is 26.7 Å². The van der Waals surface area contributed by atoms with Crippen molar-refractivity contribution in [1.29, 1.82) is 0 Å². The van der Waals surface area contributed by atoms with Crippen LogP contribution in [0.25, 0.3) is 11.0 Å². The smallest absolute Gasteiger partial charge is 0.239 e. The van der Waals surface area contributed by atoms with E-state index in [0.29, 0.717) is 12.0 Å². The zero-order valence-corrected chi connectivity index (χ0v) is 14.7. The number of nitrogens with one attached hydrogen (secondary N) is 2. The molecule has 1 spiro atoms. The van der Waals surface area contributed by atoms with E-state index in [1.165, 1.54) is 0 Å². The minimum Gasteiger partial charge on any atom is -0.338 e.